The predicted octanol–water partition coefficient (Wildman–Crippen LogP) is 5.34. The lowest BCUT2D eigenvalue weighted by atomic mass is 10.2. The van der Waals surface area contributed by atoms with Crippen molar-refractivity contribution in [3.63, 3.8) is 0 Å². The van der Waals surface area contributed by atoms with Crippen LogP contribution in [0.25, 0.3) is 22.8 Å². The molecule has 0 bridgehead atoms. The molecule has 0 aliphatic carbocycles. The van der Waals surface area contributed by atoms with Gasteiger partial charge in [-0.25, -0.2) is 4.98 Å². The highest BCUT2D eigenvalue weighted by molar-refractivity contribution is 7.98. The SMILES string of the molecule is c1ccc(Cn2c(SCc3coc(-c4ccccc4)n3)nnc2-c2ccncc2)cc1. The molecule has 0 unspecified atom stereocenters. The van der Waals surface area contributed by atoms with Crippen molar-refractivity contribution in [3.8, 4) is 22.8 Å². The number of benzene rings is 2. The third-order valence-corrected chi connectivity index (χ3v) is 5.76. The Bertz CT molecular complexity index is 1250. The Morgan fingerprint density at radius 2 is 1.55 bits per heavy atom. The number of nitrogens with zero attached hydrogens (tertiary/aromatic N) is 5. The fraction of sp³-hybridized carbons (Fsp3) is 0.0833. The van der Waals surface area contributed by atoms with Crippen molar-refractivity contribution in [2.75, 3.05) is 0 Å². The van der Waals surface area contributed by atoms with E-state index >= 15 is 0 Å². The first-order valence-corrected chi connectivity index (χ1v) is 10.9. The Morgan fingerprint density at radius 3 is 2.32 bits per heavy atom. The molecular formula is C24H19N5OS. The molecule has 31 heavy (non-hydrogen) atoms. The van der Waals surface area contributed by atoms with Crippen molar-refractivity contribution < 1.29 is 4.42 Å². The summed E-state index contributed by atoms with van der Waals surface area (Å²) in [7, 11) is 0. The topological polar surface area (TPSA) is 69.6 Å². The predicted molar refractivity (Wildman–Crippen MR) is 120 cm³/mol. The number of rotatable bonds is 7. The summed E-state index contributed by atoms with van der Waals surface area (Å²) in [6.07, 6.45) is 5.24. The van der Waals surface area contributed by atoms with E-state index in [9.17, 15) is 0 Å². The van der Waals surface area contributed by atoms with E-state index in [1.165, 1.54) is 5.56 Å². The minimum atomic E-state index is 0.624. The second kappa shape index (κ2) is 8.97. The van der Waals surface area contributed by atoms with Crippen molar-refractivity contribution in [3.05, 3.63) is 103 Å². The quantitative estimate of drug-likeness (QED) is 0.328. The zero-order valence-electron chi connectivity index (χ0n) is 16.6. The van der Waals surface area contributed by atoms with Gasteiger partial charge in [-0.15, -0.1) is 10.2 Å². The van der Waals surface area contributed by atoms with Gasteiger partial charge in [-0.05, 0) is 29.8 Å². The molecule has 0 saturated heterocycles. The molecule has 5 aromatic rings. The summed E-state index contributed by atoms with van der Waals surface area (Å²) < 4.78 is 7.80. The summed E-state index contributed by atoms with van der Waals surface area (Å²) >= 11 is 1.59. The van der Waals surface area contributed by atoms with Gasteiger partial charge in [-0.1, -0.05) is 60.3 Å². The summed E-state index contributed by atoms with van der Waals surface area (Å²) in [6, 6.07) is 24.1. The van der Waals surface area contributed by atoms with Crippen molar-refractivity contribution >= 4 is 11.8 Å². The van der Waals surface area contributed by atoms with Gasteiger partial charge in [-0.3, -0.25) is 9.55 Å². The van der Waals surface area contributed by atoms with E-state index in [2.05, 4.69) is 36.9 Å². The van der Waals surface area contributed by atoms with Gasteiger partial charge in [0.25, 0.3) is 0 Å². The number of pyridine rings is 1. The van der Waals surface area contributed by atoms with Crippen molar-refractivity contribution in [1.29, 1.82) is 0 Å². The van der Waals surface area contributed by atoms with Crippen LogP contribution in [0.1, 0.15) is 11.3 Å². The highest BCUT2D eigenvalue weighted by Crippen LogP contribution is 2.28. The van der Waals surface area contributed by atoms with Gasteiger partial charge in [0.2, 0.25) is 5.89 Å². The summed E-state index contributed by atoms with van der Waals surface area (Å²) in [5.41, 5.74) is 4.00. The monoisotopic (exact) mass is 425 g/mol. The number of thioether (sulfide) groups is 1. The maximum atomic E-state index is 5.67. The molecule has 0 saturated carbocycles. The summed E-state index contributed by atoms with van der Waals surface area (Å²) in [5, 5.41) is 9.77. The van der Waals surface area contributed by atoms with Crippen LogP contribution in [0.15, 0.2) is 101 Å². The van der Waals surface area contributed by atoms with Crippen LogP contribution in [-0.4, -0.2) is 24.7 Å². The van der Waals surface area contributed by atoms with Crippen LogP contribution < -0.4 is 0 Å². The van der Waals surface area contributed by atoms with E-state index in [0.29, 0.717) is 18.2 Å². The number of oxazole rings is 1. The summed E-state index contributed by atoms with van der Waals surface area (Å²) in [6.45, 7) is 0.682. The molecule has 7 heteroatoms. The lowest BCUT2D eigenvalue weighted by molar-refractivity contribution is 0.573. The molecule has 0 N–H and O–H groups in total. The number of hydrogen-bond donors (Lipinski definition) is 0. The van der Waals surface area contributed by atoms with Crippen molar-refractivity contribution in [2.45, 2.75) is 17.5 Å². The van der Waals surface area contributed by atoms with Crippen LogP contribution in [0.2, 0.25) is 0 Å². The molecule has 0 aliphatic rings. The molecule has 0 aliphatic heterocycles. The molecule has 6 nitrogen and oxygen atoms in total. The molecule has 0 atom stereocenters. The lowest BCUT2D eigenvalue weighted by Gasteiger charge is -2.10. The highest BCUT2D eigenvalue weighted by Gasteiger charge is 2.16. The van der Waals surface area contributed by atoms with Gasteiger partial charge in [-0.2, -0.15) is 0 Å². The standard InChI is InChI=1S/C24H19N5OS/c1-3-7-18(8-4-1)15-29-22(19-11-13-25-14-12-19)27-28-24(29)31-17-21-16-30-23(26-21)20-9-5-2-6-10-20/h1-14,16H,15,17H2. The summed E-state index contributed by atoms with van der Waals surface area (Å²) in [4.78, 5) is 8.73. The average molecular weight is 426 g/mol. The molecular weight excluding hydrogens is 406 g/mol. The summed E-state index contributed by atoms with van der Waals surface area (Å²) in [5.74, 6) is 2.08. The van der Waals surface area contributed by atoms with E-state index in [4.69, 9.17) is 4.42 Å². The number of aromatic nitrogens is 5. The number of hydrogen-bond acceptors (Lipinski definition) is 6. The van der Waals surface area contributed by atoms with Crippen LogP contribution in [0.3, 0.4) is 0 Å². The Kier molecular flexibility index (Phi) is 5.58. The largest absolute Gasteiger partial charge is 0.444 e. The zero-order chi connectivity index (χ0) is 20.9. The van der Waals surface area contributed by atoms with Crippen LogP contribution in [0, 0.1) is 0 Å². The fourth-order valence-electron chi connectivity index (χ4n) is 3.24. The molecule has 152 valence electrons. The Hall–Kier alpha value is -3.71. The Labute approximate surface area is 184 Å². The minimum absolute atomic E-state index is 0.624. The molecule has 2 aromatic carbocycles. The molecule has 3 aromatic heterocycles. The third-order valence-electron chi connectivity index (χ3n) is 4.76. The van der Waals surface area contributed by atoms with Crippen LogP contribution in [-0.2, 0) is 12.3 Å². The second-order valence-electron chi connectivity index (χ2n) is 6.91. The first kappa shape index (κ1) is 19.3. The molecule has 0 radical (unpaired) electrons. The maximum Gasteiger partial charge on any atom is 0.226 e. The molecule has 0 spiro atoms. The van der Waals surface area contributed by atoms with Crippen LogP contribution in [0.4, 0.5) is 0 Å². The molecule has 5 rings (SSSR count). The van der Waals surface area contributed by atoms with E-state index in [-0.39, 0.29) is 0 Å². The van der Waals surface area contributed by atoms with Gasteiger partial charge in [0, 0.05) is 29.3 Å². The molecule has 3 heterocycles. The van der Waals surface area contributed by atoms with Gasteiger partial charge in [0.15, 0.2) is 11.0 Å². The fourth-order valence-corrected chi connectivity index (χ4v) is 4.06. The van der Waals surface area contributed by atoms with Gasteiger partial charge in [0.05, 0.1) is 12.2 Å². The van der Waals surface area contributed by atoms with Gasteiger partial charge >= 0.3 is 0 Å². The van der Waals surface area contributed by atoms with Crippen molar-refractivity contribution in [2.24, 2.45) is 0 Å². The Balaban J connectivity index is 1.40. The Morgan fingerprint density at radius 1 is 0.806 bits per heavy atom. The van der Waals surface area contributed by atoms with Gasteiger partial charge < -0.3 is 4.42 Å². The first-order valence-electron chi connectivity index (χ1n) is 9.87. The average Bonchev–Trinajstić information content (AvgIpc) is 3.47. The van der Waals surface area contributed by atoms with Gasteiger partial charge in [0.1, 0.15) is 6.26 Å². The zero-order valence-corrected chi connectivity index (χ0v) is 17.4. The third kappa shape index (κ3) is 4.41. The van der Waals surface area contributed by atoms with Crippen LogP contribution >= 0.6 is 11.8 Å². The molecule has 0 amide bonds. The maximum absolute atomic E-state index is 5.67. The van der Waals surface area contributed by atoms with Crippen molar-refractivity contribution in [1.82, 2.24) is 24.7 Å². The smallest absolute Gasteiger partial charge is 0.226 e. The lowest BCUT2D eigenvalue weighted by Crippen LogP contribution is -2.04. The van der Waals surface area contributed by atoms with E-state index in [1.54, 1.807) is 30.4 Å². The van der Waals surface area contributed by atoms with E-state index < -0.39 is 0 Å². The molecule has 0 fully saturated rings. The normalized spacial score (nSPS) is 11.0. The first-order chi connectivity index (χ1) is 15.4. The van der Waals surface area contributed by atoms with Crippen LogP contribution in [0.5, 0.6) is 0 Å². The minimum Gasteiger partial charge on any atom is -0.444 e. The second-order valence-corrected chi connectivity index (χ2v) is 7.86. The highest BCUT2D eigenvalue weighted by atomic mass is 32.2. The van der Waals surface area contributed by atoms with E-state index in [1.807, 2.05) is 60.7 Å². The van der Waals surface area contributed by atoms with E-state index in [0.717, 1.165) is 27.8 Å².